The van der Waals surface area contributed by atoms with Crippen LogP contribution in [0.2, 0.25) is 0 Å². The third-order valence-electron chi connectivity index (χ3n) is 14.2. The molecule has 6 heterocycles. The summed E-state index contributed by atoms with van der Waals surface area (Å²) in [6, 6.07) is 14.5. The van der Waals surface area contributed by atoms with E-state index in [1.54, 1.807) is 0 Å². The highest BCUT2D eigenvalue weighted by Gasteiger charge is 2.46. The van der Waals surface area contributed by atoms with Crippen molar-refractivity contribution in [3.8, 4) is 33.6 Å². The number of amides is 4. The van der Waals surface area contributed by atoms with Crippen molar-refractivity contribution in [2.24, 2.45) is 11.8 Å². The van der Waals surface area contributed by atoms with E-state index in [2.05, 4.69) is 83.0 Å². The maximum absolute atomic E-state index is 14.4. The van der Waals surface area contributed by atoms with E-state index in [1.807, 2.05) is 49.9 Å². The SMILES string of the molecule is COC(=O)N[C@H](C(=O)N1[C@@H](C)CC[C@H]1c1nc(-c2ccc(-c3ccc(-c4c[nH]c([C@@H]5CC[C@H](C)N5C(=O)[C@@H](NC(=O)OC)[C@@H]5C[C@@H](C)O[C@@H](C)C5)n4)cc3)cc2)c[nH]1)C1C[C@@H](C)O[C@@H](C)C1. The monoisotopic (exact) mass is 907 g/mol. The smallest absolute Gasteiger partial charge is 0.407 e. The summed E-state index contributed by atoms with van der Waals surface area (Å²) < 4.78 is 21.8. The van der Waals surface area contributed by atoms with Gasteiger partial charge in [0, 0.05) is 35.6 Å². The van der Waals surface area contributed by atoms with Gasteiger partial charge in [0.2, 0.25) is 11.8 Å². The summed E-state index contributed by atoms with van der Waals surface area (Å²) in [6.45, 7) is 12.1. The number of H-pyrrole nitrogens is 2. The standard InChI is InChI=1S/C50H66N8O8/c1-27-9-19-41(57(27)47(59)43(55-49(61)63-7)37-21-29(3)65-30(4)22-37)45-51-25-39(53-45)35-15-11-33(12-16-35)34-13-17-36(18-14-34)40-26-52-46(54-40)42-20-10-28(2)58(42)48(60)44(56-50(62)64-8)38-23-31(5)66-32(6)24-38/h11-18,25-32,37-38,41-44H,9-10,19-24H2,1-8H3,(H,51,53)(H,52,54)(H,55,61)(H,56,62)/t27-,28-,29-,30+,31-,32+,37-,38?,41-,42-,43-,44-/m0/s1. The van der Waals surface area contributed by atoms with Gasteiger partial charge in [-0.3, -0.25) is 9.59 Å². The number of nitrogens with one attached hydrogen (secondary N) is 4. The van der Waals surface area contributed by atoms with Crippen molar-refractivity contribution in [2.45, 2.75) is 154 Å². The number of carbonyl (C=O) groups is 4. The summed E-state index contributed by atoms with van der Waals surface area (Å²) in [5.74, 6) is 1.01. The molecule has 2 aromatic heterocycles. The normalized spacial score (nSPS) is 28.7. The number of ether oxygens (including phenoxy) is 4. The second-order valence-corrected chi connectivity index (χ2v) is 19.1. The molecule has 2 aromatic carbocycles. The number of alkyl carbamates (subject to hydrolysis) is 2. The van der Waals surface area contributed by atoms with Crippen LogP contribution in [0.5, 0.6) is 0 Å². The van der Waals surface area contributed by atoms with Crippen molar-refractivity contribution in [3.05, 3.63) is 72.6 Å². The van der Waals surface area contributed by atoms with E-state index in [1.165, 1.54) is 14.2 Å². The van der Waals surface area contributed by atoms with Crippen molar-refractivity contribution < 1.29 is 38.1 Å². The fourth-order valence-electron chi connectivity index (χ4n) is 11.1. The molecule has 1 unspecified atom stereocenters. The Morgan fingerprint density at radius 1 is 0.561 bits per heavy atom. The summed E-state index contributed by atoms with van der Waals surface area (Å²) in [6.07, 6.45) is 8.23. The molecule has 0 saturated carbocycles. The molecule has 4 aliphatic rings. The van der Waals surface area contributed by atoms with Gasteiger partial charge in [-0.05, 0) is 116 Å². The molecular formula is C50H66N8O8. The van der Waals surface area contributed by atoms with Gasteiger partial charge in [0.15, 0.2) is 0 Å². The molecule has 4 amide bonds. The van der Waals surface area contributed by atoms with E-state index >= 15 is 0 Å². The number of hydrogen-bond acceptors (Lipinski definition) is 10. The molecule has 16 nitrogen and oxygen atoms in total. The molecule has 4 aliphatic heterocycles. The van der Waals surface area contributed by atoms with Gasteiger partial charge < -0.3 is 49.3 Å². The first-order chi connectivity index (χ1) is 31.7. The number of benzene rings is 2. The Kier molecular flexibility index (Phi) is 14.2. The molecule has 8 rings (SSSR count). The summed E-state index contributed by atoms with van der Waals surface area (Å²) in [4.78, 5) is 74.4. The lowest BCUT2D eigenvalue weighted by Crippen LogP contribution is -2.55. The van der Waals surface area contributed by atoms with Crippen molar-refractivity contribution in [1.29, 1.82) is 0 Å². The predicted molar refractivity (Wildman–Crippen MR) is 248 cm³/mol. The van der Waals surface area contributed by atoms with E-state index in [0.29, 0.717) is 25.7 Å². The van der Waals surface area contributed by atoms with Crippen LogP contribution in [0.3, 0.4) is 0 Å². The number of rotatable bonds is 11. The summed E-state index contributed by atoms with van der Waals surface area (Å²) in [7, 11) is 2.63. The first kappa shape index (κ1) is 46.8. The average molecular weight is 907 g/mol. The fourth-order valence-corrected chi connectivity index (χ4v) is 11.1. The van der Waals surface area contributed by atoms with Crippen molar-refractivity contribution >= 4 is 24.0 Å². The van der Waals surface area contributed by atoms with Gasteiger partial charge in [-0.15, -0.1) is 0 Å². The number of hydrogen-bond donors (Lipinski definition) is 4. The maximum Gasteiger partial charge on any atom is 0.407 e. The lowest BCUT2D eigenvalue weighted by molar-refractivity contribution is -0.141. The first-order valence-corrected chi connectivity index (χ1v) is 23.7. The lowest BCUT2D eigenvalue weighted by atomic mass is 9.85. The minimum atomic E-state index is -0.737. The van der Waals surface area contributed by atoms with Gasteiger partial charge in [0.25, 0.3) is 0 Å². The average Bonchev–Trinajstić information content (AvgIpc) is 4.13. The molecule has 4 fully saturated rings. The molecule has 12 atom stereocenters. The van der Waals surface area contributed by atoms with Crippen molar-refractivity contribution in [1.82, 2.24) is 40.4 Å². The molecule has 4 saturated heterocycles. The lowest BCUT2D eigenvalue weighted by Gasteiger charge is -2.39. The van der Waals surface area contributed by atoms with Crippen LogP contribution in [0.15, 0.2) is 60.9 Å². The Morgan fingerprint density at radius 3 is 1.23 bits per heavy atom. The molecule has 0 radical (unpaired) electrons. The third kappa shape index (κ3) is 9.99. The highest BCUT2D eigenvalue weighted by molar-refractivity contribution is 5.88. The van der Waals surface area contributed by atoms with Crippen LogP contribution in [-0.2, 0) is 28.5 Å². The molecule has 4 aromatic rings. The van der Waals surface area contributed by atoms with Crippen LogP contribution < -0.4 is 10.6 Å². The van der Waals surface area contributed by atoms with E-state index in [4.69, 9.17) is 28.9 Å². The molecule has 0 aliphatic carbocycles. The van der Waals surface area contributed by atoms with E-state index in [-0.39, 0.29) is 72.2 Å². The number of methoxy groups -OCH3 is 2. The van der Waals surface area contributed by atoms with Gasteiger partial charge in [-0.25, -0.2) is 19.6 Å². The van der Waals surface area contributed by atoms with Crippen LogP contribution in [0.4, 0.5) is 9.59 Å². The molecule has 0 bridgehead atoms. The largest absolute Gasteiger partial charge is 0.453 e. The van der Waals surface area contributed by atoms with Crippen LogP contribution in [-0.4, -0.2) is 117 Å². The summed E-state index contributed by atoms with van der Waals surface area (Å²) >= 11 is 0. The molecule has 0 spiro atoms. The molecule has 66 heavy (non-hydrogen) atoms. The number of aromatic amines is 2. The topological polar surface area (TPSA) is 193 Å². The van der Waals surface area contributed by atoms with E-state index < -0.39 is 24.3 Å². The van der Waals surface area contributed by atoms with E-state index in [0.717, 1.165) is 71.0 Å². The van der Waals surface area contributed by atoms with Gasteiger partial charge in [-0.2, -0.15) is 0 Å². The second-order valence-electron chi connectivity index (χ2n) is 19.1. The number of aromatic nitrogens is 4. The summed E-state index contributed by atoms with van der Waals surface area (Å²) in [5.41, 5.74) is 5.54. The third-order valence-corrected chi connectivity index (χ3v) is 14.2. The van der Waals surface area contributed by atoms with Crippen LogP contribution >= 0.6 is 0 Å². The number of carbonyl (C=O) groups excluding carboxylic acids is 4. The zero-order valence-corrected chi connectivity index (χ0v) is 39.4. The van der Waals surface area contributed by atoms with Gasteiger partial charge >= 0.3 is 12.2 Å². The van der Waals surface area contributed by atoms with Crippen molar-refractivity contribution in [2.75, 3.05) is 14.2 Å². The van der Waals surface area contributed by atoms with Gasteiger partial charge in [-0.1, -0.05) is 48.5 Å². The second kappa shape index (κ2) is 20.0. The highest BCUT2D eigenvalue weighted by atomic mass is 16.5. The van der Waals surface area contributed by atoms with Gasteiger partial charge in [0.1, 0.15) is 23.7 Å². The number of imidazole rings is 2. The van der Waals surface area contributed by atoms with Crippen LogP contribution in [0, 0.1) is 11.8 Å². The first-order valence-electron chi connectivity index (χ1n) is 23.7. The minimum absolute atomic E-state index is 0.0243. The Balaban J connectivity index is 0.936. The van der Waals surface area contributed by atoms with Crippen LogP contribution in [0.25, 0.3) is 33.6 Å². The quantitative estimate of drug-likeness (QED) is 0.114. The number of nitrogens with zero attached hydrogens (tertiary/aromatic N) is 4. The molecule has 354 valence electrons. The van der Waals surface area contributed by atoms with Crippen molar-refractivity contribution in [3.63, 3.8) is 0 Å². The van der Waals surface area contributed by atoms with E-state index in [9.17, 15) is 19.2 Å². The Bertz CT molecular complexity index is 2150. The van der Waals surface area contributed by atoms with Crippen LogP contribution in [0.1, 0.15) is 117 Å². The van der Waals surface area contributed by atoms with Gasteiger partial charge in [0.05, 0.1) is 62.1 Å². The minimum Gasteiger partial charge on any atom is -0.453 e. The molecular weight excluding hydrogens is 841 g/mol. The molecule has 4 N–H and O–H groups in total. The zero-order chi connectivity index (χ0) is 46.8. The zero-order valence-electron chi connectivity index (χ0n) is 39.4. The highest BCUT2D eigenvalue weighted by Crippen LogP contribution is 2.40. The Hall–Kier alpha value is -5.74. The Labute approximate surface area is 387 Å². The fraction of sp³-hybridized carbons (Fsp3) is 0.560. The number of likely N-dealkylation sites (tertiary alicyclic amines) is 2. The summed E-state index contributed by atoms with van der Waals surface area (Å²) in [5, 5.41) is 5.75. The molecule has 16 heteroatoms. The predicted octanol–water partition coefficient (Wildman–Crippen LogP) is 8.09. The maximum atomic E-state index is 14.4. The Morgan fingerprint density at radius 2 is 0.894 bits per heavy atom.